The fraction of sp³-hybridized carbons (Fsp3) is 0.545. The summed E-state index contributed by atoms with van der Waals surface area (Å²) < 4.78 is 5.36. The summed E-state index contributed by atoms with van der Waals surface area (Å²) in [6, 6.07) is 3.80. The van der Waals surface area contributed by atoms with Gasteiger partial charge in [-0.15, -0.1) is 0 Å². The Bertz CT molecular complexity index is 340. The average molecular weight is 208 g/mol. The quantitative estimate of drug-likeness (QED) is 0.806. The van der Waals surface area contributed by atoms with E-state index in [1.807, 2.05) is 24.0 Å². The van der Waals surface area contributed by atoms with Gasteiger partial charge in [0.25, 0.3) is 0 Å². The number of nitrogens with zero attached hydrogens (tertiary/aromatic N) is 1. The predicted octanol–water partition coefficient (Wildman–Crippen LogP) is 1.89. The van der Waals surface area contributed by atoms with Gasteiger partial charge in [-0.25, -0.2) is 4.79 Å². The number of carbonyl (C=O) groups is 1. The average Bonchev–Trinajstić information content (AvgIpc) is 2.84. The third-order valence-corrected chi connectivity index (χ3v) is 2.60. The van der Waals surface area contributed by atoms with Gasteiger partial charge in [-0.05, 0) is 31.9 Å². The van der Waals surface area contributed by atoms with Crippen LogP contribution in [0.15, 0.2) is 16.5 Å². The maximum atomic E-state index is 11.6. The minimum Gasteiger partial charge on any atom is -0.465 e. The molecule has 1 N–H and O–H groups in total. The number of aryl methyl sites for hydroxylation is 1. The molecule has 0 spiro atoms. The monoisotopic (exact) mass is 208 g/mol. The van der Waals surface area contributed by atoms with Crippen molar-refractivity contribution in [2.45, 2.75) is 26.3 Å². The number of rotatable bonds is 2. The van der Waals surface area contributed by atoms with Gasteiger partial charge >= 0.3 is 6.03 Å². The first-order chi connectivity index (χ1) is 7.25. The summed E-state index contributed by atoms with van der Waals surface area (Å²) in [6.45, 7) is 4.13. The maximum Gasteiger partial charge on any atom is 0.317 e. The minimum absolute atomic E-state index is 0.0153. The van der Waals surface area contributed by atoms with Crippen LogP contribution in [-0.2, 0) is 6.54 Å². The molecule has 1 aromatic heterocycles. The van der Waals surface area contributed by atoms with Crippen LogP contribution in [0, 0.1) is 6.92 Å². The molecule has 1 aromatic rings. The van der Waals surface area contributed by atoms with Gasteiger partial charge in [-0.1, -0.05) is 0 Å². The van der Waals surface area contributed by atoms with Crippen molar-refractivity contribution in [1.82, 2.24) is 10.2 Å². The van der Waals surface area contributed by atoms with Crippen LogP contribution in [0.25, 0.3) is 0 Å². The Kier molecular flexibility index (Phi) is 2.94. The lowest BCUT2D eigenvalue weighted by atomic mass is 10.4. The van der Waals surface area contributed by atoms with E-state index in [1.54, 1.807) is 0 Å². The first kappa shape index (κ1) is 10.1. The standard InChI is InChI=1S/C11H16N2O2/c1-9-4-5-10(15-9)8-12-11(14)13-6-2-3-7-13/h4-5H,2-3,6-8H2,1H3,(H,12,14). The number of hydrogen-bond donors (Lipinski definition) is 1. The number of nitrogens with one attached hydrogen (secondary N) is 1. The van der Waals surface area contributed by atoms with Crippen LogP contribution in [0.5, 0.6) is 0 Å². The Morgan fingerprint density at radius 2 is 2.20 bits per heavy atom. The van der Waals surface area contributed by atoms with Crippen molar-refractivity contribution in [3.05, 3.63) is 23.7 Å². The molecule has 4 heteroatoms. The molecule has 0 saturated carbocycles. The van der Waals surface area contributed by atoms with E-state index in [1.165, 1.54) is 0 Å². The second-order valence-electron chi connectivity index (χ2n) is 3.87. The highest BCUT2D eigenvalue weighted by Crippen LogP contribution is 2.08. The zero-order valence-electron chi connectivity index (χ0n) is 8.95. The highest BCUT2D eigenvalue weighted by atomic mass is 16.3. The van der Waals surface area contributed by atoms with Gasteiger partial charge in [0.05, 0.1) is 6.54 Å². The predicted molar refractivity (Wildman–Crippen MR) is 56.5 cm³/mol. The summed E-state index contributed by atoms with van der Waals surface area (Å²) in [7, 11) is 0. The van der Waals surface area contributed by atoms with Gasteiger partial charge < -0.3 is 14.6 Å². The van der Waals surface area contributed by atoms with E-state index in [9.17, 15) is 4.79 Å². The second-order valence-corrected chi connectivity index (χ2v) is 3.87. The first-order valence-electron chi connectivity index (χ1n) is 5.34. The lowest BCUT2D eigenvalue weighted by Crippen LogP contribution is -2.37. The molecule has 15 heavy (non-hydrogen) atoms. The van der Waals surface area contributed by atoms with Crippen molar-refractivity contribution in [3.8, 4) is 0 Å². The second kappa shape index (κ2) is 4.38. The molecule has 2 amide bonds. The molecule has 2 rings (SSSR count). The van der Waals surface area contributed by atoms with E-state index in [2.05, 4.69) is 5.32 Å². The molecule has 4 nitrogen and oxygen atoms in total. The van der Waals surface area contributed by atoms with E-state index in [0.717, 1.165) is 37.5 Å². The summed E-state index contributed by atoms with van der Waals surface area (Å²) in [5.74, 6) is 1.68. The van der Waals surface area contributed by atoms with Gasteiger partial charge in [0.1, 0.15) is 11.5 Å². The number of hydrogen-bond acceptors (Lipinski definition) is 2. The number of furan rings is 1. The van der Waals surface area contributed by atoms with Gasteiger partial charge in [0.2, 0.25) is 0 Å². The Morgan fingerprint density at radius 3 is 2.80 bits per heavy atom. The molecule has 82 valence electrons. The van der Waals surface area contributed by atoms with Crippen LogP contribution in [-0.4, -0.2) is 24.0 Å². The molecule has 0 unspecified atom stereocenters. The molecule has 1 aliphatic heterocycles. The molecular formula is C11H16N2O2. The lowest BCUT2D eigenvalue weighted by Gasteiger charge is -2.15. The van der Waals surface area contributed by atoms with Crippen molar-refractivity contribution >= 4 is 6.03 Å². The van der Waals surface area contributed by atoms with Crippen molar-refractivity contribution in [1.29, 1.82) is 0 Å². The number of likely N-dealkylation sites (tertiary alicyclic amines) is 1. The van der Waals surface area contributed by atoms with Crippen LogP contribution in [0.3, 0.4) is 0 Å². The van der Waals surface area contributed by atoms with Gasteiger partial charge in [-0.2, -0.15) is 0 Å². The molecular weight excluding hydrogens is 192 g/mol. The van der Waals surface area contributed by atoms with E-state index in [-0.39, 0.29) is 6.03 Å². The summed E-state index contributed by atoms with van der Waals surface area (Å²) in [6.07, 6.45) is 2.24. The largest absolute Gasteiger partial charge is 0.465 e. The molecule has 0 aromatic carbocycles. The Balaban J connectivity index is 1.80. The zero-order chi connectivity index (χ0) is 10.7. The topological polar surface area (TPSA) is 45.5 Å². The van der Waals surface area contributed by atoms with E-state index in [4.69, 9.17) is 4.42 Å². The van der Waals surface area contributed by atoms with E-state index in [0.29, 0.717) is 6.54 Å². The number of amides is 2. The molecule has 2 heterocycles. The first-order valence-corrected chi connectivity index (χ1v) is 5.34. The maximum absolute atomic E-state index is 11.6. The van der Waals surface area contributed by atoms with Crippen LogP contribution in [0.2, 0.25) is 0 Å². The zero-order valence-corrected chi connectivity index (χ0v) is 8.95. The van der Waals surface area contributed by atoms with Crippen LogP contribution in [0.1, 0.15) is 24.4 Å². The molecule has 0 atom stereocenters. The van der Waals surface area contributed by atoms with Crippen LogP contribution >= 0.6 is 0 Å². The van der Waals surface area contributed by atoms with Gasteiger partial charge in [-0.3, -0.25) is 0 Å². The number of carbonyl (C=O) groups excluding carboxylic acids is 1. The highest BCUT2D eigenvalue weighted by Gasteiger charge is 2.17. The summed E-state index contributed by atoms with van der Waals surface area (Å²) in [5.41, 5.74) is 0. The van der Waals surface area contributed by atoms with Gasteiger partial charge in [0.15, 0.2) is 0 Å². The highest BCUT2D eigenvalue weighted by molar-refractivity contribution is 5.74. The Hall–Kier alpha value is -1.45. The number of urea groups is 1. The van der Waals surface area contributed by atoms with Crippen molar-refractivity contribution in [2.75, 3.05) is 13.1 Å². The Labute approximate surface area is 89.2 Å². The molecule has 1 aliphatic rings. The third-order valence-electron chi connectivity index (χ3n) is 2.60. The Morgan fingerprint density at radius 1 is 1.47 bits per heavy atom. The smallest absolute Gasteiger partial charge is 0.317 e. The van der Waals surface area contributed by atoms with E-state index >= 15 is 0 Å². The van der Waals surface area contributed by atoms with Crippen molar-refractivity contribution in [2.24, 2.45) is 0 Å². The molecule has 0 aliphatic carbocycles. The SMILES string of the molecule is Cc1ccc(CNC(=O)N2CCCC2)o1. The molecule has 1 fully saturated rings. The summed E-state index contributed by atoms with van der Waals surface area (Å²) >= 11 is 0. The van der Waals surface area contributed by atoms with Crippen LogP contribution in [0.4, 0.5) is 4.79 Å². The molecule has 0 bridgehead atoms. The fourth-order valence-electron chi connectivity index (χ4n) is 1.77. The molecule has 1 saturated heterocycles. The minimum atomic E-state index is 0.0153. The van der Waals surface area contributed by atoms with Crippen LogP contribution < -0.4 is 5.32 Å². The third kappa shape index (κ3) is 2.52. The van der Waals surface area contributed by atoms with Crippen molar-refractivity contribution in [3.63, 3.8) is 0 Å². The summed E-state index contributed by atoms with van der Waals surface area (Å²) in [5, 5.41) is 2.85. The fourth-order valence-corrected chi connectivity index (χ4v) is 1.77. The van der Waals surface area contributed by atoms with Gasteiger partial charge in [0, 0.05) is 13.1 Å². The normalized spacial score (nSPS) is 15.7. The van der Waals surface area contributed by atoms with E-state index < -0.39 is 0 Å². The molecule has 0 radical (unpaired) electrons. The summed E-state index contributed by atoms with van der Waals surface area (Å²) in [4.78, 5) is 13.4. The lowest BCUT2D eigenvalue weighted by molar-refractivity contribution is 0.207. The van der Waals surface area contributed by atoms with Crippen molar-refractivity contribution < 1.29 is 9.21 Å².